The third-order valence-electron chi connectivity index (χ3n) is 1.57. The summed E-state index contributed by atoms with van der Waals surface area (Å²) in [5, 5.41) is 6.67. The fraction of sp³-hybridized carbons (Fsp3) is 0.125. The van der Waals surface area contributed by atoms with Crippen molar-refractivity contribution >= 4 is 21.7 Å². The molecular formula is C8H7BrN4O. The first-order valence-electron chi connectivity index (χ1n) is 3.95. The Bertz CT molecular complexity index is 403. The van der Waals surface area contributed by atoms with Crippen molar-refractivity contribution < 1.29 is 4.52 Å². The molecule has 0 spiro atoms. The number of aromatic nitrogens is 3. The van der Waals surface area contributed by atoms with Gasteiger partial charge in [0.2, 0.25) is 0 Å². The molecule has 2 heterocycles. The van der Waals surface area contributed by atoms with E-state index in [-0.39, 0.29) is 0 Å². The topological polar surface area (TPSA) is 63.8 Å². The van der Waals surface area contributed by atoms with Crippen LogP contribution in [0.5, 0.6) is 0 Å². The highest BCUT2D eigenvalue weighted by atomic mass is 79.9. The molecule has 0 aliphatic carbocycles. The monoisotopic (exact) mass is 254 g/mol. The fourth-order valence-electron chi connectivity index (χ4n) is 0.941. The van der Waals surface area contributed by atoms with Crippen molar-refractivity contribution in [3.63, 3.8) is 0 Å². The van der Waals surface area contributed by atoms with Crippen LogP contribution < -0.4 is 5.32 Å². The number of nitrogens with one attached hydrogen (secondary N) is 1. The first-order chi connectivity index (χ1) is 6.84. The minimum absolute atomic E-state index is 0.559. The molecule has 0 aliphatic rings. The van der Waals surface area contributed by atoms with E-state index in [1.165, 1.54) is 6.33 Å². The standard InChI is InChI=1S/C8H7BrN4O/c9-7-3-8(12-5-11-7)10-4-6-1-2-13-14-6/h1-3,5H,4H2,(H,10,11,12). The van der Waals surface area contributed by atoms with Crippen LogP contribution in [0.1, 0.15) is 5.76 Å². The Hall–Kier alpha value is -1.43. The highest BCUT2D eigenvalue weighted by Crippen LogP contribution is 2.10. The average molecular weight is 255 g/mol. The van der Waals surface area contributed by atoms with Crippen LogP contribution in [0.3, 0.4) is 0 Å². The summed E-state index contributed by atoms with van der Waals surface area (Å²) in [5.74, 6) is 1.50. The van der Waals surface area contributed by atoms with Crippen LogP contribution in [0.4, 0.5) is 5.82 Å². The molecule has 0 radical (unpaired) electrons. The number of anilines is 1. The summed E-state index contributed by atoms with van der Waals surface area (Å²) < 4.78 is 5.66. The molecule has 0 aliphatic heterocycles. The minimum Gasteiger partial charge on any atom is -0.363 e. The summed E-state index contributed by atoms with van der Waals surface area (Å²) in [7, 11) is 0. The largest absolute Gasteiger partial charge is 0.363 e. The first-order valence-corrected chi connectivity index (χ1v) is 4.75. The highest BCUT2D eigenvalue weighted by molar-refractivity contribution is 9.10. The lowest BCUT2D eigenvalue weighted by Crippen LogP contribution is -2.00. The molecule has 0 aromatic carbocycles. The van der Waals surface area contributed by atoms with E-state index in [4.69, 9.17) is 4.52 Å². The van der Waals surface area contributed by atoms with E-state index in [0.29, 0.717) is 6.54 Å². The molecule has 14 heavy (non-hydrogen) atoms. The molecule has 0 amide bonds. The number of hydrogen-bond donors (Lipinski definition) is 1. The second-order valence-electron chi connectivity index (χ2n) is 2.56. The van der Waals surface area contributed by atoms with E-state index in [1.807, 2.05) is 0 Å². The summed E-state index contributed by atoms with van der Waals surface area (Å²) in [4.78, 5) is 7.94. The normalized spacial score (nSPS) is 10.1. The van der Waals surface area contributed by atoms with Crippen molar-refractivity contribution in [2.75, 3.05) is 5.32 Å². The van der Waals surface area contributed by atoms with Gasteiger partial charge in [-0.3, -0.25) is 0 Å². The van der Waals surface area contributed by atoms with E-state index in [9.17, 15) is 0 Å². The molecule has 0 saturated heterocycles. The molecule has 0 fully saturated rings. The predicted octanol–water partition coefficient (Wildman–Crippen LogP) is 1.84. The van der Waals surface area contributed by atoms with Gasteiger partial charge in [-0.05, 0) is 15.9 Å². The third kappa shape index (κ3) is 2.29. The highest BCUT2D eigenvalue weighted by Gasteiger charge is 1.98. The smallest absolute Gasteiger partial charge is 0.155 e. The molecule has 0 saturated carbocycles. The summed E-state index contributed by atoms with van der Waals surface area (Å²) in [6.07, 6.45) is 3.08. The second kappa shape index (κ2) is 4.19. The molecule has 6 heteroatoms. The van der Waals surface area contributed by atoms with Crippen molar-refractivity contribution in [2.45, 2.75) is 6.54 Å². The van der Waals surface area contributed by atoms with Crippen LogP contribution in [0.25, 0.3) is 0 Å². The lowest BCUT2D eigenvalue weighted by Gasteiger charge is -2.01. The van der Waals surface area contributed by atoms with Gasteiger partial charge in [-0.2, -0.15) is 0 Å². The van der Waals surface area contributed by atoms with Gasteiger partial charge < -0.3 is 9.84 Å². The maximum Gasteiger partial charge on any atom is 0.155 e. The second-order valence-corrected chi connectivity index (χ2v) is 3.37. The Morgan fingerprint density at radius 2 is 2.36 bits per heavy atom. The van der Waals surface area contributed by atoms with Gasteiger partial charge in [-0.1, -0.05) is 5.16 Å². The van der Waals surface area contributed by atoms with Crippen molar-refractivity contribution in [1.82, 2.24) is 15.1 Å². The van der Waals surface area contributed by atoms with Crippen molar-refractivity contribution in [1.29, 1.82) is 0 Å². The summed E-state index contributed by atoms with van der Waals surface area (Å²) in [5.41, 5.74) is 0. The number of hydrogen-bond acceptors (Lipinski definition) is 5. The molecule has 2 rings (SSSR count). The third-order valence-corrected chi connectivity index (χ3v) is 2.00. The molecule has 0 atom stereocenters. The van der Waals surface area contributed by atoms with E-state index < -0.39 is 0 Å². The van der Waals surface area contributed by atoms with Crippen molar-refractivity contribution in [3.05, 3.63) is 35.0 Å². The molecule has 2 aromatic heterocycles. The van der Waals surface area contributed by atoms with E-state index in [2.05, 4.69) is 36.4 Å². The lowest BCUT2D eigenvalue weighted by atomic mass is 10.4. The summed E-state index contributed by atoms with van der Waals surface area (Å²) in [6, 6.07) is 3.58. The summed E-state index contributed by atoms with van der Waals surface area (Å²) >= 11 is 3.25. The van der Waals surface area contributed by atoms with Crippen LogP contribution in [-0.4, -0.2) is 15.1 Å². The van der Waals surface area contributed by atoms with E-state index in [1.54, 1.807) is 18.3 Å². The quantitative estimate of drug-likeness (QED) is 0.848. The van der Waals surface area contributed by atoms with Crippen LogP contribution in [-0.2, 0) is 6.54 Å². The Morgan fingerprint density at radius 1 is 1.43 bits per heavy atom. The molecule has 1 N–H and O–H groups in total. The van der Waals surface area contributed by atoms with Crippen molar-refractivity contribution in [3.8, 4) is 0 Å². The van der Waals surface area contributed by atoms with Gasteiger partial charge in [-0.15, -0.1) is 0 Å². The van der Waals surface area contributed by atoms with E-state index in [0.717, 1.165) is 16.2 Å². The van der Waals surface area contributed by atoms with Gasteiger partial charge >= 0.3 is 0 Å². The zero-order chi connectivity index (χ0) is 9.80. The Kier molecular flexibility index (Phi) is 2.73. The lowest BCUT2D eigenvalue weighted by molar-refractivity contribution is 0.388. The zero-order valence-corrected chi connectivity index (χ0v) is 8.73. The number of halogens is 1. The molecular weight excluding hydrogens is 248 g/mol. The fourth-order valence-corrected chi connectivity index (χ4v) is 1.25. The minimum atomic E-state index is 0.559. The molecule has 72 valence electrons. The molecule has 2 aromatic rings. The zero-order valence-electron chi connectivity index (χ0n) is 7.14. The van der Waals surface area contributed by atoms with Crippen molar-refractivity contribution in [2.24, 2.45) is 0 Å². The SMILES string of the molecule is Brc1cc(NCc2ccno2)ncn1. The Morgan fingerprint density at radius 3 is 3.07 bits per heavy atom. The Labute approximate surface area is 88.7 Å². The Balaban J connectivity index is 1.98. The predicted molar refractivity (Wildman–Crippen MR) is 53.6 cm³/mol. The summed E-state index contributed by atoms with van der Waals surface area (Å²) in [6.45, 7) is 0.559. The number of nitrogens with zero attached hydrogens (tertiary/aromatic N) is 3. The first kappa shape index (κ1) is 9.14. The van der Waals surface area contributed by atoms with Gasteiger partial charge in [-0.25, -0.2) is 9.97 Å². The van der Waals surface area contributed by atoms with Gasteiger partial charge in [0, 0.05) is 12.1 Å². The van der Waals surface area contributed by atoms with Gasteiger partial charge in [0.1, 0.15) is 16.7 Å². The van der Waals surface area contributed by atoms with Crippen LogP contribution in [0.2, 0.25) is 0 Å². The average Bonchev–Trinajstić information content (AvgIpc) is 2.67. The maximum atomic E-state index is 4.92. The van der Waals surface area contributed by atoms with Crippen LogP contribution in [0.15, 0.2) is 33.8 Å². The van der Waals surface area contributed by atoms with Gasteiger partial charge in [0.25, 0.3) is 0 Å². The molecule has 5 nitrogen and oxygen atoms in total. The van der Waals surface area contributed by atoms with Crippen LogP contribution in [0, 0.1) is 0 Å². The van der Waals surface area contributed by atoms with Crippen LogP contribution >= 0.6 is 15.9 Å². The van der Waals surface area contributed by atoms with Gasteiger partial charge in [0.15, 0.2) is 5.76 Å². The molecule has 0 unspecified atom stereocenters. The number of rotatable bonds is 3. The van der Waals surface area contributed by atoms with E-state index >= 15 is 0 Å². The maximum absolute atomic E-state index is 4.92. The molecule has 0 bridgehead atoms. The van der Waals surface area contributed by atoms with Gasteiger partial charge in [0.05, 0.1) is 12.7 Å².